The van der Waals surface area contributed by atoms with Gasteiger partial charge >= 0.3 is 5.97 Å². The Balaban J connectivity index is 1.66. The second-order valence-corrected chi connectivity index (χ2v) is 7.05. The number of benzene rings is 2. The number of rotatable bonds is 10. The van der Waals surface area contributed by atoms with Gasteiger partial charge in [0.15, 0.2) is 6.10 Å². The van der Waals surface area contributed by atoms with Gasteiger partial charge in [0, 0.05) is 12.2 Å². The van der Waals surface area contributed by atoms with Crippen LogP contribution in [0, 0.1) is 13.8 Å². The van der Waals surface area contributed by atoms with Crippen molar-refractivity contribution in [2.45, 2.75) is 26.4 Å². The summed E-state index contributed by atoms with van der Waals surface area (Å²) in [5.41, 5.74) is 2.32. The third kappa shape index (κ3) is 7.10. The van der Waals surface area contributed by atoms with Crippen LogP contribution in [0.5, 0.6) is 11.5 Å². The molecular formula is C20H24O4S. The van der Waals surface area contributed by atoms with E-state index in [-0.39, 0.29) is 0 Å². The molecule has 2 aromatic rings. The van der Waals surface area contributed by atoms with Gasteiger partial charge in [-0.15, -0.1) is 0 Å². The predicted octanol–water partition coefficient (Wildman–Crippen LogP) is 4.34. The van der Waals surface area contributed by atoms with Crippen molar-refractivity contribution in [1.82, 2.24) is 0 Å². The average molecular weight is 360 g/mol. The number of carboxylic acid groups (broad SMARTS) is 1. The highest BCUT2D eigenvalue weighted by Crippen LogP contribution is 2.17. The Kier molecular flexibility index (Phi) is 7.67. The monoisotopic (exact) mass is 360 g/mol. The maximum Gasteiger partial charge on any atom is 0.344 e. The molecule has 0 radical (unpaired) electrons. The van der Waals surface area contributed by atoms with E-state index >= 15 is 0 Å². The average Bonchev–Trinajstić information content (AvgIpc) is 2.60. The highest BCUT2D eigenvalue weighted by Gasteiger charge is 2.19. The first-order valence-corrected chi connectivity index (χ1v) is 9.43. The highest BCUT2D eigenvalue weighted by atomic mass is 32.2. The number of aliphatic carboxylic acids is 1. The number of hydrogen-bond acceptors (Lipinski definition) is 4. The molecule has 0 bridgehead atoms. The summed E-state index contributed by atoms with van der Waals surface area (Å²) in [6, 6.07) is 15.4. The zero-order valence-corrected chi connectivity index (χ0v) is 15.4. The summed E-state index contributed by atoms with van der Waals surface area (Å²) in [4.78, 5) is 11.3. The maximum absolute atomic E-state index is 11.3. The molecule has 2 rings (SSSR count). The topological polar surface area (TPSA) is 55.8 Å². The van der Waals surface area contributed by atoms with Crippen LogP contribution < -0.4 is 9.47 Å². The molecule has 1 N–H and O–H groups in total. The number of thioether (sulfide) groups is 1. The highest BCUT2D eigenvalue weighted by molar-refractivity contribution is 7.99. The Bertz CT molecular complexity index is 652. The lowest BCUT2D eigenvalue weighted by atomic mass is 10.2. The van der Waals surface area contributed by atoms with Gasteiger partial charge in [0.2, 0.25) is 0 Å². The van der Waals surface area contributed by atoms with E-state index in [0.717, 1.165) is 17.1 Å². The van der Waals surface area contributed by atoms with Crippen LogP contribution in [-0.2, 0) is 4.79 Å². The van der Waals surface area contributed by atoms with Crippen LogP contribution in [0.3, 0.4) is 0 Å². The lowest BCUT2D eigenvalue weighted by Crippen LogP contribution is -2.27. The number of hydrogen-bond donors (Lipinski definition) is 1. The number of ether oxygens (including phenoxy) is 2. The SMILES string of the molecule is Cc1ccc(OCCSCCC(Oc2ccc(C)cc2)C(=O)O)cc1. The number of carbonyl (C=O) groups is 1. The van der Waals surface area contributed by atoms with Crippen LogP contribution in [0.2, 0.25) is 0 Å². The van der Waals surface area contributed by atoms with Gasteiger partial charge in [-0.05, 0) is 43.9 Å². The fourth-order valence-electron chi connectivity index (χ4n) is 2.16. The molecule has 134 valence electrons. The van der Waals surface area contributed by atoms with E-state index in [0.29, 0.717) is 24.5 Å². The van der Waals surface area contributed by atoms with E-state index in [1.165, 1.54) is 5.56 Å². The Morgan fingerprint density at radius 2 is 1.52 bits per heavy atom. The van der Waals surface area contributed by atoms with Crippen molar-refractivity contribution in [2.24, 2.45) is 0 Å². The van der Waals surface area contributed by atoms with Crippen LogP contribution in [0.1, 0.15) is 17.5 Å². The van der Waals surface area contributed by atoms with Gasteiger partial charge in [-0.2, -0.15) is 11.8 Å². The molecule has 1 atom stereocenters. The summed E-state index contributed by atoms with van der Waals surface area (Å²) in [5, 5.41) is 9.30. The van der Waals surface area contributed by atoms with E-state index in [4.69, 9.17) is 9.47 Å². The van der Waals surface area contributed by atoms with Crippen molar-refractivity contribution in [1.29, 1.82) is 0 Å². The molecule has 25 heavy (non-hydrogen) atoms. The fourth-order valence-corrected chi connectivity index (χ4v) is 2.95. The van der Waals surface area contributed by atoms with Crippen LogP contribution in [0.4, 0.5) is 0 Å². The van der Waals surface area contributed by atoms with E-state index < -0.39 is 12.1 Å². The van der Waals surface area contributed by atoms with Gasteiger partial charge in [0.1, 0.15) is 11.5 Å². The van der Waals surface area contributed by atoms with Crippen LogP contribution >= 0.6 is 11.8 Å². The largest absolute Gasteiger partial charge is 0.493 e. The molecule has 1 unspecified atom stereocenters. The third-order valence-electron chi connectivity index (χ3n) is 3.62. The second kappa shape index (κ2) is 9.99. The summed E-state index contributed by atoms with van der Waals surface area (Å²) in [7, 11) is 0. The minimum atomic E-state index is -0.933. The summed E-state index contributed by atoms with van der Waals surface area (Å²) in [6.07, 6.45) is -0.369. The Morgan fingerprint density at radius 1 is 0.960 bits per heavy atom. The van der Waals surface area contributed by atoms with Crippen molar-refractivity contribution in [3.8, 4) is 11.5 Å². The molecule has 0 saturated heterocycles. The molecule has 5 heteroatoms. The zero-order chi connectivity index (χ0) is 18.1. The molecule has 0 amide bonds. The number of aryl methyl sites for hydroxylation is 2. The van der Waals surface area contributed by atoms with E-state index in [9.17, 15) is 9.90 Å². The normalized spacial score (nSPS) is 11.8. The number of carboxylic acids is 1. The summed E-state index contributed by atoms with van der Waals surface area (Å²) >= 11 is 1.67. The molecule has 2 aromatic carbocycles. The van der Waals surface area contributed by atoms with Gasteiger partial charge in [0.05, 0.1) is 6.61 Å². The van der Waals surface area contributed by atoms with E-state index in [1.54, 1.807) is 23.9 Å². The molecule has 0 heterocycles. The predicted molar refractivity (Wildman–Crippen MR) is 102 cm³/mol. The van der Waals surface area contributed by atoms with Gasteiger partial charge in [0.25, 0.3) is 0 Å². The van der Waals surface area contributed by atoms with Crippen LogP contribution in [0.15, 0.2) is 48.5 Å². The van der Waals surface area contributed by atoms with Crippen molar-refractivity contribution >= 4 is 17.7 Å². The molecule has 4 nitrogen and oxygen atoms in total. The molecule has 0 fully saturated rings. The smallest absolute Gasteiger partial charge is 0.344 e. The van der Waals surface area contributed by atoms with Gasteiger partial charge < -0.3 is 14.6 Å². The lowest BCUT2D eigenvalue weighted by Gasteiger charge is -2.15. The molecule has 0 saturated carbocycles. The Morgan fingerprint density at radius 3 is 2.08 bits per heavy atom. The third-order valence-corrected chi connectivity index (χ3v) is 4.60. The first-order chi connectivity index (χ1) is 12.0. The Hall–Kier alpha value is -2.14. The maximum atomic E-state index is 11.3. The Labute approximate surface area is 153 Å². The quantitative estimate of drug-likeness (QED) is 0.639. The minimum absolute atomic E-state index is 0.457. The lowest BCUT2D eigenvalue weighted by molar-refractivity contribution is -0.145. The van der Waals surface area contributed by atoms with Crippen LogP contribution in [0.25, 0.3) is 0 Å². The molecular weight excluding hydrogens is 336 g/mol. The van der Waals surface area contributed by atoms with Crippen LogP contribution in [-0.4, -0.2) is 35.3 Å². The van der Waals surface area contributed by atoms with Gasteiger partial charge in [-0.25, -0.2) is 4.79 Å². The van der Waals surface area contributed by atoms with Crippen molar-refractivity contribution in [3.05, 3.63) is 59.7 Å². The first kappa shape index (κ1) is 19.2. The van der Waals surface area contributed by atoms with Crippen molar-refractivity contribution < 1.29 is 19.4 Å². The summed E-state index contributed by atoms with van der Waals surface area (Å²) < 4.78 is 11.2. The standard InChI is InChI=1S/C20H24O4S/c1-15-3-7-17(8-4-15)23-12-14-25-13-11-19(20(21)22)24-18-9-5-16(2)6-10-18/h3-10,19H,11-14H2,1-2H3,(H,21,22). The van der Waals surface area contributed by atoms with Gasteiger partial charge in [-0.3, -0.25) is 0 Å². The molecule has 0 spiro atoms. The van der Waals surface area contributed by atoms with E-state index in [2.05, 4.69) is 0 Å². The van der Waals surface area contributed by atoms with Crippen molar-refractivity contribution in [2.75, 3.05) is 18.1 Å². The first-order valence-electron chi connectivity index (χ1n) is 8.28. The van der Waals surface area contributed by atoms with E-state index in [1.807, 2.05) is 50.2 Å². The zero-order valence-electron chi connectivity index (χ0n) is 14.6. The summed E-state index contributed by atoms with van der Waals surface area (Å²) in [6.45, 7) is 4.62. The minimum Gasteiger partial charge on any atom is -0.493 e. The molecule has 0 aliphatic heterocycles. The molecule has 0 aliphatic rings. The molecule has 0 aliphatic carbocycles. The summed E-state index contributed by atoms with van der Waals surface area (Å²) in [5.74, 6) is 2.03. The second-order valence-electron chi connectivity index (χ2n) is 5.82. The fraction of sp³-hybridized carbons (Fsp3) is 0.350. The molecule has 0 aromatic heterocycles. The van der Waals surface area contributed by atoms with Crippen molar-refractivity contribution in [3.63, 3.8) is 0 Å². The van der Waals surface area contributed by atoms with Gasteiger partial charge in [-0.1, -0.05) is 35.4 Å².